The van der Waals surface area contributed by atoms with E-state index in [1.807, 2.05) is 42.5 Å². The van der Waals surface area contributed by atoms with Crippen molar-refractivity contribution in [2.45, 2.75) is 38.5 Å². The fourth-order valence-electron chi connectivity index (χ4n) is 3.96. The fraction of sp³-hybridized carbons (Fsp3) is 0.286. The molecule has 4 nitrogen and oxygen atoms in total. The summed E-state index contributed by atoms with van der Waals surface area (Å²) in [5, 5.41) is 3.09. The van der Waals surface area contributed by atoms with Crippen LogP contribution in [-0.4, -0.2) is 25.8 Å². The molecule has 0 bridgehead atoms. The zero-order valence-corrected chi connectivity index (χ0v) is 19.9. The Morgan fingerprint density at radius 3 is 2.52 bits per heavy atom. The second-order valence-corrected chi connectivity index (χ2v) is 8.24. The van der Waals surface area contributed by atoms with Crippen molar-refractivity contribution in [1.82, 2.24) is 0 Å². The second kappa shape index (κ2) is 12.2. The van der Waals surface area contributed by atoms with Gasteiger partial charge in [-0.3, -0.25) is 9.59 Å². The molecule has 0 saturated carbocycles. The standard InChI is InChI=1S/C28H29ClO4/c1-32-27-17-9-12-21(28(27)33-2)11-8-16-26(31)25(30)15-5-3-4-14-23-22-13-7-6-10-20(22)18-19-24(23)29/h5-7,9-10,12-13,15,17-19H,3-4,8,11,14,16H2,1-2H3. The number of rotatable bonds is 12. The van der Waals surface area contributed by atoms with Gasteiger partial charge in [-0.2, -0.15) is 0 Å². The number of hydrogen-bond acceptors (Lipinski definition) is 4. The number of allylic oxidation sites excluding steroid dienone is 2. The minimum atomic E-state index is -0.448. The first-order chi connectivity index (χ1) is 16.0. The lowest BCUT2D eigenvalue weighted by Gasteiger charge is -2.12. The Balaban J connectivity index is 1.45. The highest BCUT2D eigenvalue weighted by atomic mass is 35.5. The highest BCUT2D eigenvalue weighted by Crippen LogP contribution is 2.31. The van der Waals surface area contributed by atoms with Crippen LogP contribution in [0.15, 0.2) is 66.7 Å². The number of hydrogen-bond donors (Lipinski definition) is 0. The summed E-state index contributed by atoms with van der Waals surface area (Å²) in [5.74, 6) is 0.510. The zero-order chi connectivity index (χ0) is 23.6. The number of unbranched alkanes of at least 4 members (excludes halogenated alkanes) is 1. The van der Waals surface area contributed by atoms with Crippen LogP contribution in [0.3, 0.4) is 0 Å². The predicted octanol–water partition coefficient (Wildman–Crippen LogP) is 6.55. The summed E-state index contributed by atoms with van der Waals surface area (Å²) >= 11 is 6.41. The molecule has 0 amide bonds. The van der Waals surface area contributed by atoms with Gasteiger partial charge in [0.15, 0.2) is 11.5 Å². The third-order valence-corrected chi connectivity index (χ3v) is 6.01. The summed E-state index contributed by atoms with van der Waals surface area (Å²) in [4.78, 5) is 24.4. The number of carbonyl (C=O) groups excluding carboxylic acids is 2. The summed E-state index contributed by atoms with van der Waals surface area (Å²) in [6.07, 6.45) is 6.96. The van der Waals surface area contributed by atoms with E-state index < -0.39 is 5.78 Å². The first-order valence-electron chi connectivity index (χ1n) is 11.1. The first kappa shape index (κ1) is 24.5. The van der Waals surface area contributed by atoms with Crippen molar-refractivity contribution in [3.8, 4) is 11.5 Å². The Hall–Kier alpha value is -3.11. The lowest BCUT2D eigenvalue weighted by Crippen LogP contribution is -2.11. The van der Waals surface area contributed by atoms with E-state index in [0.717, 1.165) is 34.4 Å². The Bertz CT molecular complexity index is 1150. The molecular weight excluding hydrogens is 436 g/mol. The molecule has 0 N–H and O–H groups in total. The molecule has 3 rings (SSSR count). The average Bonchev–Trinajstić information content (AvgIpc) is 2.84. The number of ketones is 2. The summed E-state index contributed by atoms with van der Waals surface area (Å²) < 4.78 is 10.7. The number of methoxy groups -OCH3 is 2. The topological polar surface area (TPSA) is 52.6 Å². The van der Waals surface area contributed by atoms with Gasteiger partial charge in [0.2, 0.25) is 11.6 Å². The van der Waals surface area contributed by atoms with E-state index in [1.54, 1.807) is 20.3 Å². The second-order valence-electron chi connectivity index (χ2n) is 7.84. The Labute approximate surface area is 200 Å². The molecule has 172 valence electrons. The molecule has 0 fully saturated rings. The third kappa shape index (κ3) is 6.45. The quantitative estimate of drug-likeness (QED) is 0.173. The summed E-state index contributed by atoms with van der Waals surface area (Å²) in [5.41, 5.74) is 2.08. The van der Waals surface area contributed by atoms with Gasteiger partial charge in [0, 0.05) is 11.4 Å². The van der Waals surface area contributed by atoms with Crippen LogP contribution in [0.25, 0.3) is 10.8 Å². The zero-order valence-electron chi connectivity index (χ0n) is 19.1. The summed E-state index contributed by atoms with van der Waals surface area (Å²) in [6.45, 7) is 0. The highest BCUT2D eigenvalue weighted by Gasteiger charge is 2.13. The van der Waals surface area contributed by atoms with Gasteiger partial charge in [0.1, 0.15) is 0 Å². The number of Topliss-reactive ketones (excluding diaryl/α,β-unsaturated/α-hetero) is 1. The van der Waals surface area contributed by atoms with Crippen LogP contribution in [0.4, 0.5) is 0 Å². The summed E-state index contributed by atoms with van der Waals surface area (Å²) in [6, 6.07) is 17.8. The van der Waals surface area contributed by atoms with Crippen LogP contribution < -0.4 is 9.47 Å². The lowest BCUT2D eigenvalue weighted by atomic mass is 10.00. The molecule has 33 heavy (non-hydrogen) atoms. The largest absolute Gasteiger partial charge is 0.493 e. The van der Waals surface area contributed by atoms with Crippen molar-refractivity contribution in [2.24, 2.45) is 0 Å². The van der Waals surface area contributed by atoms with Gasteiger partial charge in [0.05, 0.1) is 14.2 Å². The molecule has 0 aliphatic heterocycles. The minimum absolute atomic E-state index is 0.204. The van der Waals surface area contributed by atoms with Crippen LogP contribution >= 0.6 is 11.6 Å². The molecule has 0 radical (unpaired) electrons. The molecule has 0 spiro atoms. The number of para-hydroxylation sites is 1. The predicted molar refractivity (Wildman–Crippen MR) is 134 cm³/mol. The van der Waals surface area contributed by atoms with Gasteiger partial charge in [0.25, 0.3) is 0 Å². The van der Waals surface area contributed by atoms with Crippen LogP contribution in [0, 0.1) is 0 Å². The number of fused-ring (bicyclic) bond motifs is 1. The minimum Gasteiger partial charge on any atom is -0.493 e. The molecule has 3 aromatic carbocycles. The summed E-state index contributed by atoms with van der Waals surface area (Å²) in [7, 11) is 3.18. The molecule has 0 aliphatic carbocycles. The number of carbonyl (C=O) groups is 2. The number of aryl methyl sites for hydroxylation is 2. The van der Waals surface area contributed by atoms with Crippen LogP contribution in [-0.2, 0) is 22.4 Å². The molecule has 0 atom stereocenters. The number of halogens is 1. The monoisotopic (exact) mass is 464 g/mol. The lowest BCUT2D eigenvalue weighted by molar-refractivity contribution is -0.133. The molecular formula is C28H29ClO4. The Morgan fingerprint density at radius 2 is 1.73 bits per heavy atom. The van der Waals surface area contributed by atoms with Crippen molar-refractivity contribution in [3.05, 3.63) is 82.9 Å². The van der Waals surface area contributed by atoms with Crippen molar-refractivity contribution < 1.29 is 19.1 Å². The average molecular weight is 465 g/mol. The molecule has 5 heteroatoms. The van der Waals surface area contributed by atoms with Gasteiger partial charge in [-0.1, -0.05) is 60.1 Å². The normalized spacial score (nSPS) is 11.1. The van der Waals surface area contributed by atoms with E-state index in [0.29, 0.717) is 30.8 Å². The smallest absolute Gasteiger partial charge is 0.221 e. The van der Waals surface area contributed by atoms with Crippen molar-refractivity contribution in [3.63, 3.8) is 0 Å². The van der Waals surface area contributed by atoms with Gasteiger partial charge in [-0.05, 0) is 72.2 Å². The van der Waals surface area contributed by atoms with E-state index >= 15 is 0 Å². The van der Waals surface area contributed by atoms with Crippen LogP contribution in [0.1, 0.15) is 36.8 Å². The molecule has 3 aromatic rings. The molecule has 0 heterocycles. The maximum absolute atomic E-state index is 12.2. The van der Waals surface area contributed by atoms with Crippen molar-refractivity contribution in [2.75, 3.05) is 14.2 Å². The third-order valence-electron chi connectivity index (χ3n) is 5.66. The van der Waals surface area contributed by atoms with Crippen molar-refractivity contribution in [1.29, 1.82) is 0 Å². The van der Waals surface area contributed by atoms with E-state index in [4.69, 9.17) is 21.1 Å². The maximum atomic E-state index is 12.2. The van der Waals surface area contributed by atoms with Crippen molar-refractivity contribution >= 4 is 33.9 Å². The Morgan fingerprint density at radius 1 is 0.909 bits per heavy atom. The van der Waals surface area contributed by atoms with Gasteiger partial charge in [-0.15, -0.1) is 0 Å². The molecule has 0 aliphatic rings. The van der Waals surface area contributed by atoms with Crippen LogP contribution in [0.2, 0.25) is 5.02 Å². The SMILES string of the molecule is COc1cccc(CCCC(=O)C(=O)C=CCCCc2c(Cl)ccc3ccccc23)c1OC. The van der Waals surface area contributed by atoms with Gasteiger partial charge < -0.3 is 9.47 Å². The van der Waals surface area contributed by atoms with E-state index in [-0.39, 0.29) is 12.2 Å². The molecule has 0 unspecified atom stereocenters. The molecule has 0 aromatic heterocycles. The fourth-order valence-corrected chi connectivity index (χ4v) is 4.22. The number of ether oxygens (including phenoxy) is 2. The maximum Gasteiger partial charge on any atom is 0.221 e. The van der Waals surface area contributed by atoms with E-state index in [1.165, 1.54) is 11.5 Å². The number of benzene rings is 3. The van der Waals surface area contributed by atoms with E-state index in [2.05, 4.69) is 12.1 Å². The van der Waals surface area contributed by atoms with Gasteiger partial charge >= 0.3 is 0 Å². The van der Waals surface area contributed by atoms with E-state index in [9.17, 15) is 9.59 Å². The first-order valence-corrected chi connectivity index (χ1v) is 11.5. The Kier molecular flexibility index (Phi) is 9.08. The molecule has 0 saturated heterocycles. The van der Waals surface area contributed by atoms with Gasteiger partial charge in [-0.25, -0.2) is 0 Å². The highest BCUT2D eigenvalue weighted by molar-refractivity contribution is 6.41. The van der Waals surface area contributed by atoms with Crippen LogP contribution in [0.5, 0.6) is 11.5 Å².